The van der Waals surface area contributed by atoms with E-state index >= 15 is 0 Å². The van der Waals surface area contributed by atoms with Crippen LogP contribution in [0.25, 0.3) is 11.5 Å². The highest BCUT2D eigenvalue weighted by atomic mass is 32.2. The molecule has 0 aliphatic rings. The van der Waals surface area contributed by atoms with Crippen LogP contribution in [0.4, 0.5) is 10.5 Å². The topological polar surface area (TPSA) is 119 Å². The van der Waals surface area contributed by atoms with E-state index in [0.29, 0.717) is 34.9 Å². The van der Waals surface area contributed by atoms with Gasteiger partial charge in [0.15, 0.2) is 5.82 Å². The number of hydrogen-bond donors (Lipinski definition) is 2. The third-order valence-corrected chi connectivity index (χ3v) is 3.99. The summed E-state index contributed by atoms with van der Waals surface area (Å²) < 4.78 is 10.5. The van der Waals surface area contributed by atoms with Crippen LogP contribution in [0.1, 0.15) is 23.2 Å². The zero-order valence-electron chi connectivity index (χ0n) is 14.6. The van der Waals surface area contributed by atoms with Crippen LogP contribution in [0.3, 0.4) is 0 Å². The maximum Gasteiger partial charge on any atom is 0.319 e. The molecule has 0 unspecified atom stereocenters. The largest absolute Gasteiger partial charge is 0.421 e. The van der Waals surface area contributed by atoms with Crippen molar-refractivity contribution >= 4 is 23.5 Å². The molecule has 0 atom stereocenters. The van der Waals surface area contributed by atoms with Gasteiger partial charge >= 0.3 is 6.03 Å². The van der Waals surface area contributed by atoms with Gasteiger partial charge in [0.2, 0.25) is 17.7 Å². The number of hydrogen-bond acceptors (Lipinski definition) is 8. The molecule has 2 amide bonds. The van der Waals surface area contributed by atoms with Gasteiger partial charge < -0.3 is 19.6 Å². The van der Waals surface area contributed by atoms with E-state index in [2.05, 4.69) is 31.0 Å². The van der Waals surface area contributed by atoms with Gasteiger partial charge in [-0.25, -0.2) is 4.79 Å². The van der Waals surface area contributed by atoms with Crippen LogP contribution < -0.4 is 10.6 Å². The van der Waals surface area contributed by atoms with Gasteiger partial charge in [-0.2, -0.15) is 16.7 Å². The van der Waals surface area contributed by atoms with Crippen molar-refractivity contribution in [1.29, 1.82) is 0 Å². The summed E-state index contributed by atoms with van der Waals surface area (Å²) in [5, 5.41) is 17.1. The van der Waals surface area contributed by atoms with Crippen molar-refractivity contribution in [1.82, 2.24) is 25.7 Å². The Labute approximate surface area is 154 Å². The Morgan fingerprint density at radius 3 is 2.85 bits per heavy atom. The molecule has 0 aliphatic carbocycles. The van der Waals surface area contributed by atoms with Crippen LogP contribution in [-0.2, 0) is 12.3 Å². The molecule has 0 aliphatic heterocycles. The first-order chi connectivity index (χ1) is 12.5. The van der Waals surface area contributed by atoms with Gasteiger partial charge in [0.25, 0.3) is 0 Å². The molecule has 0 bridgehead atoms. The molecular weight excluding hydrogens is 356 g/mol. The molecular formula is C16H18N6O3S. The lowest BCUT2D eigenvalue weighted by molar-refractivity contribution is 0.249. The van der Waals surface area contributed by atoms with Crippen molar-refractivity contribution in [3.05, 3.63) is 41.4 Å². The number of amides is 2. The number of anilines is 1. The second-order valence-corrected chi connectivity index (χ2v) is 6.37. The number of carbonyl (C=O) groups is 1. The molecule has 1 aromatic carbocycles. The maximum absolute atomic E-state index is 12.2. The molecule has 0 saturated carbocycles. The lowest BCUT2D eigenvalue weighted by Gasteiger charge is -2.10. The lowest BCUT2D eigenvalue weighted by Crippen LogP contribution is -2.28. The number of aryl methyl sites for hydroxylation is 2. The van der Waals surface area contributed by atoms with Gasteiger partial charge in [-0.15, -0.1) is 10.2 Å². The first-order valence-corrected chi connectivity index (χ1v) is 9.21. The molecule has 0 spiro atoms. The molecule has 2 N–H and O–H groups in total. The third-order valence-electron chi connectivity index (χ3n) is 3.44. The molecule has 0 radical (unpaired) electrons. The highest BCUT2D eigenvalue weighted by Gasteiger charge is 2.12. The van der Waals surface area contributed by atoms with Gasteiger partial charge in [-0.05, 0) is 30.9 Å². The van der Waals surface area contributed by atoms with Crippen LogP contribution in [0, 0.1) is 13.8 Å². The summed E-state index contributed by atoms with van der Waals surface area (Å²) in [6.07, 6.45) is 1.95. The highest BCUT2D eigenvalue weighted by Crippen LogP contribution is 2.24. The Morgan fingerprint density at radius 1 is 1.27 bits per heavy atom. The Balaban J connectivity index is 1.63. The van der Waals surface area contributed by atoms with Crippen LogP contribution >= 0.6 is 11.8 Å². The minimum Gasteiger partial charge on any atom is -0.421 e. The maximum atomic E-state index is 12.2. The summed E-state index contributed by atoms with van der Waals surface area (Å²) in [7, 11) is 0. The number of rotatable bonds is 6. The molecule has 0 fully saturated rings. The number of urea groups is 1. The predicted octanol–water partition coefficient (Wildman–Crippen LogP) is 2.92. The summed E-state index contributed by atoms with van der Waals surface area (Å²) in [4.78, 5) is 16.3. The SMILES string of the molecule is CSCc1noc(CNC(=O)Nc2cc(-c3nnc(C)o3)ccc2C)n1. The average molecular weight is 374 g/mol. The second kappa shape index (κ2) is 8.00. The van der Waals surface area contributed by atoms with E-state index in [1.807, 2.05) is 25.3 Å². The summed E-state index contributed by atoms with van der Waals surface area (Å²) in [6, 6.07) is 5.14. The van der Waals surface area contributed by atoms with E-state index in [4.69, 9.17) is 8.94 Å². The monoisotopic (exact) mass is 374 g/mol. The number of nitrogens with one attached hydrogen (secondary N) is 2. The number of thioether (sulfide) groups is 1. The molecule has 2 aromatic heterocycles. The van der Waals surface area contributed by atoms with Crippen molar-refractivity contribution in [2.45, 2.75) is 26.1 Å². The molecule has 136 valence electrons. The standard InChI is InChI=1S/C16H18N6O3S/c1-9-4-5-11(15-21-20-10(2)24-15)6-12(9)18-16(23)17-7-14-19-13(8-26-3)22-25-14/h4-6H,7-8H2,1-3H3,(H2,17,18,23). The number of carbonyl (C=O) groups excluding carboxylic acids is 1. The zero-order valence-corrected chi connectivity index (χ0v) is 15.4. The molecule has 2 heterocycles. The fraction of sp³-hybridized carbons (Fsp3) is 0.312. The number of nitrogens with zero attached hydrogens (tertiary/aromatic N) is 4. The Hall–Kier alpha value is -2.88. The van der Waals surface area contributed by atoms with Gasteiger partial charge in [-0.1, -0.05) is 11.2 Å². The summed E-state index contributed by atoms with van der Waals surface area (Å²) >= 11 is 1.59. The Bertz CT molecular complexity index is 907. The normalized spacial score (nSPS) is 10.7. The molecule has 3 rings (SSSR count). The lowest BCUT2D eigenvalue weighted by atomic mass is 10.1. The molecule has 9 nitrogen and oxygen atoms in total. The molecule has 0 saturated heterocycles. The van der Waals surface area contributed by atoms with E-state index in [0.717, 1.165) is 11.1 Å². The van der Waals surface area contributed by atoms with E-state index in [-0.39, 0.29) is 12.6 Å². The van der Waals surface area contributed by atoms with E-state index in [9.17, 15) is 4.79 Å². The van der Waals surface area contributed by atoms with Crippen molar-refractivity contribution in [3.63, 3.8) is 0 Å². The molecule has 3 aromatic rings. The van der Waals surface area contributed by atoms with Crippen molar-refractivity contribution < 1.29 is 13.7 Å². The summed E-state index contributed by atoms with van der Waals surface area (Å²) in [5.41, 5.74) is 2.27. The van der Waals surface area contributed by atoms with Crippen LogP contribution in [0.15, 0.2) is 27.1 Å². The van der Waals surface area contributed by atoms with Gasteiger partial charge in [0.05, 0.1) is 12.3 Å². The Kier molecular flexibility index (Phi) is 5.52. The van der Waals surface area contributed by atoms with E-state index in [1.165, 1.54) is 0 Å². The third kappa shape index (κ3) is 4.39. The van der Waals surface area contributed by atoms with Gasteiger partial charge in [0.1, 0.15) is 0 Å². The van der Waals surface area contributed by atoms with E-state index in [1.54, 1.807) is 24.8 Å². The van der Waals surface area contributed by atoms with Crippen LogP contribution in [0.5, 0.6) is 0 Å². The van der Waals surface area contributed by atoms with Gasteiger partial charge in [-0.3, -0.25) is 0 Å². The highest BCUT2D eigenvalue weighted by molar-refractivity contribution is 7.97. The Morgan fingerprint density at radius 2 is 2.12 bits per heavy atom. The summed E-state index contributed by atoms with van der Waals surface area (Å²) in [5.74, 6) is 2.51. The molecule has 10 heteroatoms. The quantitative estimate of drug-likeness (QED) is 0.676. The smallest absolute Gasteiger partial charge is 0.319 e. The predicted molar refractivity (Wildman–Crippen MR) is 96.6 cm³/mol. The second-order valence-electron chi connectivity index (χ2n) is 5.50. The average Bonchev–Trinajstić information content (AvgIpc) is 3.24. The van der Waals surface area contributed by atoms with Crippen LogP contribution in [-0.4, -0.2) is 32.6 Å². The minimum atomic E-state index is -0.378. The van der Waals surface area contributed by atoms with Crippen molar-refractivity contribution in [2.75, 3.05) is 11.6 Å². The van der Waals surface area contributed by atoms with E-state index < -0.39 is 0 Å². The fourth-order valence-corrected chi connectivity index (χ4v) is 2.55. The first kappa shape index (κ1) is 17.9. The number of aromatic nitrogens is 4. The number of benzene rings is 1. The van der Waals surface area contributed by atoms with Crippen molar-refractivity contribution in [2.24, 2.45) is 0 Å². The fourth-order valence-electron chi connectivity index (χ4n) is 2.17. The minimum absolute atomic E-state index is 0.148. The first-order valence-electron chi connectivity index (χ1n) is 7.81. The molecule has 26 heavy (non-hydrogen) atoms. The van der Waals surface area contributed by atoms with Gasteiger partial charge in [0, 0.05) is 18.2 Å². The zero-order chi connectivity index (χ0) is 18.5. The van der Waals surface area contributed by atoms with Crippen molar-refractivity contribution in [3.8, 4) is 11.5 Å². The van der Waals surface area contributed by atoms with Crippen LogP contribution in [0.2, 0.25) is 0 Å². The summed E-state index contributed by atoms with van der Waals surface area (Å²) in [6.45, 7) is 3.76.